The summed E-state index contributed by atoms with van der Waals surface area (Å²) in [5.74, 6) is 0.392. The highest BCUT2D eigenvalue weighted by molar-refractivity contribution is 5.99. The number of benzene rings is 2. The number of nitrogens with two attached hydrogens (primary N) is 2. The number of carbonyl (C=O) groups is 1. The molecule has 0 saturated carbocycles. The predicted octanol–water partition coefficient (Wildman–Crippen LogP) is 2.30. The van der Waals surface area contributed by atoms with Crippen molar-refractivity contribution in [3.8, 4) is 5.75 Å². The van der Waals surface area contributed by atoms with Crippen molar-refractivity contribution in [2.45, 2.75) is 12.5 Å². The number of amides is 1. The van der Waals surface area contributed by atoms with Crippen molar-refractivity contribution in [3.63, 3.8) is 0 Å². The van der Waals surface area contributed by atoms with Crippen LogP contribution in [-0.2, 0) is 0 Å². The van der Waals surface area contributed by atoms with Gasteiger partial charge < -0.3 is 21.5 Å². The average Bonchev–Trinajstić information content (AvgIpc) is 2.47. The van der Waals surface area contributed by atoms with Crippen LogP contribution in [0.3, 0.4) is 0 Å². The Hall–Kier alpha value is -2.69. The van der Waals surface area contributed by atoms with Gasteiger partial charge in [-0.2, -0.15) is 0 Å². The number of ether oxygens (including phenoxy) is 1. The van der Waals surface area contributed by atoms with Crippen LogP contribution in [0.4, 0.5) is 11.4 Å². The van der Waals surface area contributed by atoms with Crippen LogP contribution in [0.2, 0.25) is 0 Å². The van der Waals surface area contributed by atoms with Gasteiger partial charge >= 0.3 is 0 Å². The van der Waals surface area contributed by atoms with Gasteiger partial charge in [0.15, 0.2) is 0 Å². The van der Waals surface area contributed by atoms with Gasteiger partial charge in [0.1, 0.15) is 5.75 Å². The molecule has 1 heterocycles. The minimum absolute atomic E-state index is 0.0647. The molecule has 0 aliphatic carbocycles. The quantitative estimate of drug-likeness (QED) is 0.754. The summed E-state index contributed by atoms with van der Waals surface area (Å²) in [6, 6.07) is 13.0. The molecular weight excluding hydrogens is 266 g/mol. The maximum Gasteiger partial charge on any atom is 0.250 e. The molecule has 1 atom stereocenters. The summed E-state index contributed by atoms with van der Waals surface area (Å²) in [5.41, 5.74) is 14.0. The van der Waals surface area contributed by atoms with E-state index in [1.54, 1.807) is 18.2 Å². The first-order chi connectivity index (χ1) is 10.1. The molecule has 0 saturated heterocycles. The second kappa shape index (κ2) is 5.36. The Kier molecular flexibility index (Phi) is 3.39. The van der Waals surface area contributed by atoms with E-state index in [-0.39, 0.29) is 6.04 Å². The summed E-state index contributed by atoms with van der Waals surface area (Å²) in [7, 11) is 0. The number of primary amides is 1. The Balaban J connectivity index is 1.95. The highest BCUT2D eigenvalue weighted by Gasteiger charge is 2.22. The molecular formula is C16H17N3O2. The molecule has 0 spiro atoms. The molecule has 2 aromatic rings. The highest BCUT2D eigenvalue weighted by Crippen LogP contribution is 2.35. The van der Waals surface area contributed by atoms with Crippen LogP contribution in [-0.4, -0.2) is 12.5 Å². The van der Waals surface area contributed by atoms with Crippen LogP contribution in [0, 0.1) is 0 Å². The zero-order valence-electron chi connectivity index (χ0n) is 11.5. The van der Waals surface area contributed by atoms with Crippen LogP contribution < -0.4 is 21.5 Å². The third-order valence-corrected chi connectivity index (χ3v) is 3.60. The summed E-state index contributed by atoms with van der Waals surface area (Å²) < 4.78 is 5.64. The smallest absolute Gasteiger partial charge is 0.250 e. The van der Waals surface area contributed by atoms with Crippen molar-refractivity contribution in [2.24, 2.45) is 5.73 Å². The van der Waals surface area contributed by atoms with Crippen LogP contribution in [0.25, 0.3) is 0 Å². The largest absolute Gasteiger partial charge is 0.493 e. The molecule has 21 heavy (non-hydrogen) atoms. The van der Waals surface area contributed by atoms with Crippen molar-refractivity contribution in [1.29, 1.82) is 0 Å². The molecule has 5 nitrogen and oxygen atoms in total. The summed E-state index contributed by atoms with van der Waals surface area (Å²) >= 11 is 0. The standard InChI is InChI=1S/C16H17N3O2/c17-10-5-6-12(16(18)20)14(9-10)19-13-7-8-21-15-4-2-1-3-11(13)15/h1-6,9,13,19H,7-8,17H2,(H2,18,20). The van der Waals surface area contributed by atoms with Crippen LogP contribution in [0.5, 0.6) is 5.75 Å². The maximum absolute atomic E-state index is 11.5. The fourth-order valence-electron chi connectivity index (χ4n) is 2.58. The molecule has 1 aliphatic heterocycles. The van der Waals surface area contributed by atoms with Gasteiger partial charge in [-0.3, -0.25) is 4.79 Å². The lowest BCUT2D eigenvalue weighted by Gasteiger charge is -2.28. The van der Waals surface area contributed by atoms with Crippen LogP contribution in [0.1, 0.15) is 28.4 Å². The van der Waals surface area contributed by atoms with E-state index in [9.17, 15) is 4.79 Å². The van der Waals surface area contributed by atoms with Gasteiger partial charge in [-0.05, 0) is 24.3 Å². The lowest BCUT2D eigenvalue weighted by molar-refractivity contribution is 0.100. The number of nitrogen functional groups attached to an aromatic ring is 1. The zero-order valence-corrected chi connectivity index (χ0v) is 11.5. The van der Waals surface area contributed by atoms with Crippen molar-refractivity contribution < 1.29 is 9.53 Å². The molecule has 108 valence electrons. The maximum atomic E-state index is 11.5. The predicted molar refractivity (Wildman–Crippen MR) is 82.3 cm³/mol. The number of anilines is 2. The average molecular weight is 283 g/mol. The third-order valence-electron chi connectivity index (χ3n) is 3.60. The van der Waals surface area contributed by atoms with E-state index < -0.39 is 5.91 Å². The minimum atomic E-state index is -0.474. The van der Waals surface area contributed by atoms with Crippen LogP contribution in [0.15, 0.2) is 42.5 Å². The minimum Gasteiger partial charge on any atom is -0.493 e. The first-order valence-electron chi connectivity index (χ1n) is 6.83. The Morgan fingerprint density at radius 2 is 2.05 bits per heavy atom. The fraction of sp³-hybridized carbons (Fsp3) is 0.188. The Morgan fingerprint density at radius 1 is 1.24 bits per heavy atom. The number of fused-ring (bicyclic) bond motifs is 1. The first kappa shape index (κ1) is 13.3. The van der Waals surface area contributed by atoms with Gasteiger partial charge in [0, 0.05) is 23.4 Å². The molecule has 5 N–H and O–H groups in total. The number of hydrogen-bond donors (Lipinski definition) is 3. The molecule has 3 rings (SSSR count). The summed E-state index contributed by atoms with van der Waals surface area (Å²) in [5, 5.41) is 3.37. The lowest BCUT2D eigenvalue weighted by atomic mass is 9.99. The van der Waals surface area contributed by atoms with E-state index in [0.717, 1.165) is 17.7 Å². The molecule has 0 fully saturated rings. The second-order valence-electron chi connectivity index (χ2n) is 5.04. The van der Waals surface area contributed by atoms with Crippen molar-refractivity contribution in [1.82, 2.24) is 0 Å². The highest BCUT2D eigenvalue weighted by atomic mass is 16.5. The number of hydrogen-bond acceptors (Lipinski definition) is 4. The molecule has 0 aromatic heterocycles. The fourth-order valence-corrected chi connectivity index (χ4v) is 2.58. The molecule has 0 bridgehead atoms. The van der Waals surface area contributed by atoms with E-state index in [1.165, 1.54) is 0 Å². The zero-order chi connectivity index (χ0) is 14.8. The Labute approximate surface area is 122 Å². The van der Waals surface area contributed by atoms with E-state index >= 15 is 0 Å². The van der Waals surface area contributed by atoms with Gasteiger partial charge in [-0.25, -0.2) is 0 Å². The van der Waals surface area contributed by atoms with Gasteiger partial charge in [-0.15, -0.1) is 0 Å². The number of nitrogens with one attached hydrogen (secondary N) is 1. The van der Waals surface area contributed by atoms with Crippen molar-refractivity contribution in [3.05, 3.63) is 53.6 Å². The first-order valence-corrected chi connectivity index (χ1v) is 6.83. The van der Waals surface area contributed by atoms with E-state index in [2.05, 4.69) is 5.32 Å². The molecule has 0 radical (unpaired) electrons. The lowest BCUT2D eigenvalue weighted by Crippen LogP contribution is -2.22. The molecule has 1 aliphatic rings. The molecule has 1 amide bonds. The van der Waals surface area contributed by atoms with Gasteiger partial charge in [0.05, 0.1) is 18.2 Å². The number of para-hydroxylation sites is 1. The van der Waals surface area contributed by atoms with E-state index in [1.807, 2.05) is 24.3 Å². The number of rotatable bonds is 3. The normalized spacial score (nSPS) is 16.7. The molecule has 1 unspecified atom stereocenters. The van der Waals surface area contributed by atoms with Crippen molar-refractivity contribution in [2.75, 3.05) is 17.7 Å². The topological polar surface area (TPSA) is 90.4 Å². The van der Waals surface area contributed by atoms with E-state index in [0.29, 0.717) is 23.5 Å². The summed E-state index contributed by atoms with van der Waals surface area (Å²) in [4.78, 5) is 11.5. The summed E-state index contributed by atoms with van der Waals surface area (Å²) in [6.45, 7) is 0.628. The second-order valence-corrected chi connectivity index (χ2v) is 5.04. The summed E-state index contributed by atoms with van der Waals surface area (Å²) in [6.07, 6.45) is 0.810. The SMILES string of the molecule is NC(=O)c1ccc(N)cc1NC1CCOc2ccccc21. The molecule has 5 heteroatoms. The monoisotopic (exact) mass is 283 g/mol. The number of carbonyl (C=O) groups excluding carboxylic acids is 1. The third kappa shape index (κ3) is 2.63. The van der Waals surface area contributed by atoms with Gasteiger partial charge in [0.25, 0.3) is 5.91 Å². The van der Waals surface area contributed by atoms with Crippen LogP contribution >= 0.6 is 0 Å². The Morgan fingerprint density at radius 3 is 2.86 bits per heavy atom. The Bertz CT molecular complexity index is 685. The van der Waals surface area contributed by atoms with Gasteiger partial charge in [0.2, 0.25) is 0 Å². The molecule has 2 aromatic carbocycles. The van der Waals surface area contributed by atoms with Crippen molar-refractivity contribution >= 4 is 17.3 Å². The van der Waals surface area contributed by atoms with E-state index in [4.69, 9.17) is 16.2 Å². The van der Waals surface area contributed by atoms with Gasteiger partial charge in [-0.1, -0.05) is 18.2 Å².